The molecule has 0 atom stereocenters. The Morgan fingerprint density at radius 2 is 1.74 bits per heavy atom. The van der Waals surface area contributed by atoms with Crippen LogP contribution < -0.4 is 10.9 Å². The topological polar surface area (TPSA) is 128 Å². The summed E-state index contributed by atoms with van der Waals surface area (Å²) in [5.74, 6) is -1.85. The fraction of sp³-hybridized carbons (Fsp3) is 0.231. The van der Waals surface area contributed by atoms with Crippen LogP contribution >= 0.6 is 11.3 Å². The van der Waals surface area contributed by atoms with Crippen LogP contribution in [0.15, 0.2) is 63.6 Å². The molecule has 3 heterocycles. The Labute approximate surface area is 226 Å². The molecular formula is C26H23FN4O6S2. The van der Waals surface area contributed by atoms with E-state index in [1.54, 1.807) is 6.92 Å². The van der Waals surface area contributed by atoms with Gasteiger partial charge in [0.1, 0.15) is 10.8 Å². The van der Waals surface area contributed by atoms with E-state index in [1.165, 1.54) is 46.1 Å². The van der Waals surface area contributed by atoms with Crippen LogP contribution in [-0.2, 0) is 14.8 Å². The van der Waals surface area contributed by atoms with Crippen molar-refractivity contribution in [2.24, 2.45) is 0 Å². The number of hydrogen-bond acceptors (Lipinski definition) is 8. The summed E-state index contributed by atoms with van der Waals surface area (Å²) in [6, 6.07) is 10.5. The van der Waals surface area contributed by atoms with Crippen molar-refractivity contribution in [3.63, 3.8) is 0 Å². The quantitative estimate of drug-likeness (QED) is 0.335. The van der Waals surface area contributed by atoms with Crippen molar-refractivity contribution >= 4 is 49.0 Å². The highest BCUT2D eigenvalue weighted by Gasteiger charge is 2.27. The first kappa shape index (κ1) is 26.7. The van der Waals surface area contributed by atoms with Crippen molar-refractivity contribution < 1.29 is 27.1 Å². The van der Waals surface area contributed by atoms with E-state index < -0.39 is 33.3 Å². The number of amides is 1. The molecule has 0 aliphatic carbocycles. The van der Waals surface area contributed by atoms with Crippen molar-refractivity contribution in [2.75, 3.05) is 25.0 Å². The Kier molecular flexibility index (Phi) is 7.30. The number of carbonyl (C=O) groups is 2. The van der Waals surface area contributed by atoms with Crippen molar-refractivity contribution in [1.82, 2.24) is 14.1 Å². The van der Waals surface area contributed by atoms with E-state index >= 15 is 0 Å². The molecule has 13 heteroatoms. The summed E-state index contributed by atoms with van der Waals surface area (Å²) in [7, 11) is -3.63. The largest absolute Gasteiger partial charge is 0.461 e. The molecule has 1 saturated heterocycles. The molecule has 0 radical (unpaired) electrons. The number of sulfonamides is 1. The first-order valence-corrected chi connectivity index (χ1v) is 14.4. The van der Waals surface area contributed by atoms with Crippen LogP contribution in [0.5, 0.6) is 0 Å². The molecule has 1 amide bonds. The molecule has 10 nitrogen and oxygen atoms in total. The van der Waals surface area contributed by atoms with Crippen LogP contribution in [0, 0.1) is 5.82 Å². The number of ether oxygens (including phenoxy) is 1. The van der Waals surface area contributed by atoms with E-state index in [1.807, 2.05) is 0 Å². The molecule has 0 spiro atoms. The number of nitrogens with zero attached hydrogens (tertiary/aromatic N) is 3. The second-order valence-electron chi connectivity index (χ2n) is 8.71. The predicted octanol–water partition coefficient (Wildman–Crippen LogP) is 3.80. The number of fused-ring (bicyclic) bond motifs is 1. The minimum atomic E-state index is -3.63. The molecule has 1 N–H and O–H groups in total. The first-order chi connectivity index (χ1) is 18.7. The van der Waals surface area contributed by atoms with E-state index in [0.717, 1.165) is 41.0 Å². The maximum Gasteiger partial charge on any atom is 0.359 e. The molecule has 5 rings (SSSR count). The van der Waals surface area contributed by atoms with Crippen molar-refractivity contribution in [1.29, 1.82) is 0 Å². The summed E-state index contributed by atoms with van der Waals surface area (Å²) < 4.78 is 46.5. The molecule has 1 fully saturated rings. The van der Waals surface area contributed by atoms with Gasteiger partial charge in [0.05, 0.1) is 22.6 Å². The summed E-state index contributed by atoms with van der Waals surface area (Å²) >= 11 is 1.02. The summed E-state index contributed by atoms with van der Waals surface area (Å²) in [5.41, 5.74) is -0.375. The number of benzene rings is 2. The molecule has 4 aromatic rings. The fourth-order valence-electron chi connectivity index (χ4n) is 4.28. The number of halogens is 1. The molecule has 0 unspecified atom stereocenters. The molecular weight excluding hydrogens is 547 g/mol. The lowest BCUT2D eigenvalue weighted by Gasteiger charge is -2.15. The summed E-state index contributed by atoms with van der Waals surface area (Å²) in [6.07, 6.45) is 1.62. The Hall–Kier alpha value is -3.94. The van der Waals surface area contributed by atoms with Gasteiger partial charge < -0.3 is 10.1 Å². The van der Waals surface area contributed by atoms with Gasteiger partial charge in [0.25, 0.3) is 11.5 Å². The van der Waals surface area contributed by atoms with Crippen LogP contribution in [0.3, 0.4) is 0 Å². The number of hydrogen-bond donors (Lipinski definition) is 1. The van der Waals surface area contributed by atoms with Gasteiger partial charge in [-0.05, 0) is 68.3 Å². The minimum absolute atomic E-state index is 0.0314. The third kappa shape index (κ3) is 5.07. The maximum atomic E-state index is 13.5. The van der Waals surface area contributed by atoms with E-state index in [9.17, 15) is 27.2 Å². The summed E-state index contributed by atoms with van der Waals surface area (Å²) in [4.78, 5) is 39.3. The van der Waals surface area contributed by atoms with Gasteiger partial charge in [-0.15, -0.1) is 11.3 Å². The third-order valence-corrected chi connectivity index (χ3v) is 9.05. The minimum Gasteiger partial charge on any atom is -0.461 e. The number of thiophene rings is 1. The summed E-state index contributed by atoms with van der Waals surface area (Å²) in [5, 5.41) is 8.78. The van der Waals surface area contributed by atoms with Gasteiger partial charge in [0.2, 0.25) is 10.0 Å². The first-order valence-electron chi connectivity index (χ1n) is 12.1. The molecule has 2 aromatic heterocycles. The van der Waals surface area contributed by atoms with E-state index in [0.29, 0.717) is 13.1 Å². The smallest absolute Gasteiger partial charge is 0.359 e. The highest BCUT2D eigenvalue weighted by molar-refractivity contribution is 7.89. The number of esters is 1. The zero-order valence-electron chi connectivity index (χ0n) is 20.7. The number of rotatable bonds is 7. The molecule has 1 aliphatic rings. The van der Waals surface area contributed by atoms with Crippen molar-refractivity contribution in [3.05, 3.63) is 81.3 Å². The van der Waals surface area contributed by atoms with Gasteiger partial charge in [-0.1, -0.05) is 0 Å². The lowest BCUT2D eigenvalue weighted by Crippen LogP contribution is -2.27. The molecule has 0 bridgehead atoms. The monoisotopic (exact) mass is 570 g/mol. The predicted molar refractivity (Wildman–Crippen MR) is 144 cm³/mol. The lowest BCUT2D eigenvalue weighted by molar-refractivity contribution is 0.0519. The number of carbonyl (C=O) groups excluding carboxylic acids is 2. The zero-order valence-corrected chi connectivity index (χ0v) is 22.4. The SMILES string of the molecule is CCOC(=O)c1nn(-c2ccc(F)cc2)c(=O)c2c(NC(=O)c3ccc(S(=O)(=O)N4CCCC4)cc3)scc12. The van der Waals surface area contributed by atoms with Crippen LogP contribution in [0.1, 0.15) is 40.6 Å². The van der Waals surface area contributed by atoms with Gasteiger partial charge in [-0.2, -0.15) is 14.1 Å². The fourth-order valence-corrected chi connectivity index (χ4v) is 6.73. The average Bonchev–Trinajstić information content (AvgIpc) is 3.62. The van der Waals surface area contributed by atoms with Gasteiger partial charge in [-0.3, -0.25) is 9.59 Å². The molecule has 39 heavy (non-hydrogen) atoms. The lowest BCUT2D eigenvalue weighted by atomic mass is 10.2. The Morgan fingerprint density at radius 1 is 1.08 bits per heavy atom. The molecule has 2 aromatic carbocycles. The van der Waals surface area contributed by atoms with Gasteiger partial charge >= 0.3 is 5.97 Å². The summed E-state index contributed by atoms with van der Waals surface area (Å²) in [6.45, 7) is 2.64. The van der Waals surface area contributed by atoms with Crippen LogP contribution in [0.2, 0.25) is 0 Å². The van der Waals surface area contributed by atoms with E-state index in [-0.39, 0.29) is 44.2 Å². The second kappa shape index (κ2) is 10.7. The van der Waals surface area contributed by atoms with E-state index in [2.05, 4.69) is 10.4 Å². The number of anilines is 1. The third-order valence-electron chi connectivity index (χ3n) is 6.24. The van der Waals surface area contributed by atoms with Crippen molar-refractivity contribution in [2.45, 2.75) is 24.7 Å². The normalized spacial score (nSPS) is 14.0. The Balaban J connectivity index is 1.51. The second-order valence-corrected chi connectivity index (χ2v) is 11.5. The average molecular weight is 571 g/mol. The number of nitrogens with one attached hydrogen (secondary N) is 1. The standard InChI is InChI=1S/C26H23FN4O6S2/c1-2-37-26(34)22-20-15-38-24(21(20)25(33)31(29-22)18-9-7-17(27)8-10-18)28-23(32)16-5-11-19(12-6-16)39(35,36)30-13-3-4-14-30/h5-12,15H,2-4,13-14H2,1H3,(H,28,32). The van der Waals surface area contributed by atoms with Gasteiger partial charge in [0.15, 0.2) is 5.69 Å². The zero-order chi connectivity index (χ0) is 27.7. The molecule has 0 saturated carbocycles. The van der Waals surface area contributed by atoms with Crippen LogP contribution in [0.4, 0.5) is 9.39 Å². The highest BCUT2D eigenvalue weighted by atomic mass is 32.2. The molecule has 1 aliphatic heterocycles. The van der Waals surface area contributed by atoms with Gasteiger partial charge in [-0.25, -0.2) is 17.6 Å². The Bertz CT molecular complexity index is 1730. The number of aromatic nitrogens is 2. The molecule has 202 valence electrons. The van der Waals surface area contributed by atoms with Crippen LogP contribution in [-0.4, -0.2) is 54.1 Å². The van der Waals surface area contributed by atoms with Crippen LogP contribution in [0.25, 0.3) is 16.5 Å². The van der Waals surface area contributed by atoms with Crippen molar-refractivity contribution in [3.8, 4) is 5.69 Å². The van der Waals surface area contributed by atoms with Gasteiger partial charge in [0, 0.05) is 29.4 Å². The maximum absolute atomic E-state index is 13.5. The van der Waals surface area contributed by atoms with E-state index in [4.69, 9.17) is 4.74 Å². The highest BCUT2D eigenvalue weighted by Crippen LogP contribution is 2.31. The Morgan fingerprint density at radius 3 is 2.38 bits per heavy atom.